The molecule has 2 saturated heterocycles. The number of piperidine rings is 1. The molecule has 2 fully saturated rings. The Morgan fingerprint density at radius 2 is 2.26 bits per heavy atom. The van der Waals surface area contributed by atoms with E-state index in [9.17, 15) is 0 Å². The Labute approximate surface area is 120 Å². The predicted molar refractivity (Wildman–Crippen MR) is 80.7 cm³/mol. The van der Waals surface area contributed by atoms with Crippen molar-refractivity contribution < 1.29 is 0 Å². The first-order valence-electron chi connectivity index (χ1n) is 7.63. The third-order valence-corrected chi connectivity index (χ3v) is 6.08. The highest BCUT2D eigenvalue weighted by atomic mass is 32.1. The van der Waals surface area contributed by atoms with E-state index < -0.39 is 0 Å². The zero-order valence-corrected chi connectivity index (χ0v) is 13.1. The van der Waals surface area contributed by atoms with Gasteiger partial charge in [-0.15, -0.1) is 11.3 Å². The number of aromatic nitrogens is 1. The molecule has 3 unspecified atom stereocenters. The summed E-state index contributed by atoms with van der Waals surface area (Å²) in [6.45, 7) is 11.5. The lowest BCUT2D eigenvalue weighted by molar-refractivity contribution is 0.131. The van der Waals surface area contributed by atoms with Gasteiger partial charge in [-0.2, -0.15) is 0 Å². The maximum Gasteiger partial charge on any atom is 0.114 e. The number of nitrogens with one attached hydrogen (secondary N) is 1. The fourth-order valence-corrected chi connectivity index (χ4v) is 5.11. The average Bonchev–Trinajstić information content (AvgIpc) is 2.98. The summed E-state index contributed by atoms with van der Waals surface area (Å²) in [7, 11) is 0. The molecule has 3 atom stereocenters. The molecule has 3 rings (SSSR count). The molecule has 2 aliphatic heterocycles. The van der Waals surface area contributed by atoms with Crippen LogP contribution in [0.5, 0.6) is 0 Å². The molecular weight excluding hydrogens is 254 g/mol. The summed E-state index contributed by atoms with van der Waals surface area (Å²) >= 11 is 1.93. The van der Waals surface area contributed by atoms with Crippen molar-refractivity contribution in [3.05, 3.63) is 15.6 Å². The van der Waals surface area contributed by atoms with Gasteiger partial charge in [0, 0.05) is 18.0 Å². The summed E-state index contributed by atoms with van der Waals surface area (Å²) in [5.74, 6) is 0.747. The Kier molecular flexibility index (Phi) is 3.67. The van der Waals surface area contributed by atoms with Gasteiger partial charge >= 0.3 is 0 Å². The van der Waals surface area contributed by atoms with Crippen molar-refractivity contribution >= 4 is 11.3 Å². The number of fused-ring (bicyclic) bond motifs is 2. The molecule has 1 aromatic rings. The summed E-state index contributed by atoms with van der Waals surface area (Å²) in [6, 6.07) is 0. The van der Waals surface area contributed by atoms with Crippen molar-refractivity contribution in [2.75, 3.05) is 26.2 Å². The second kappa shape index (κ2) is 5.15. The van der Waals surface area contributed by atoms with Crippen molar-refractivity contribution in [2.24, 2.45) is 5.92 Å². The standard InChI is InChI=1S/C15H25N3S/c1-4-13-11(3)19-14(17-13)15(16-5-2)7-9-18-8-6-12(15)10-18/h12,16H,4-10H2,1-3H3. The molecule has 2 aliphatic rings. The maximum absolute atomic E-state index is 5.00. The molecule has 0 amide bonds. The normalized spacial score (nSPS) is 33.8. The number of rotatable bonds is 4. The predicted octanol–water partition coefficient (Wildman–Crippen LogP) is 2.54. The largest absolute Gasteiger partial charge is 0.305 e. The van der Waals surface area contributed by atoms with Crippen LogP contribution in [0.15, 0.2) is 0 Å². The van der Waals surface area contributed by atoms with E-state index in [4.69, 9.17) is 4.98 Å². The molecule has 0 saturated carbocycles. The fourth-order valence-electron chi connectivity index (χ4n) is 3.83. The third-order valence-electron chi connectivity index (χ3n) is 4.89. The van der Waals surface area contributed by atoms with Crippen LogP contribution in [0.3, 0.4) is 0 Å². The first-order valence-corrected chi connectivity index (χ1v) is 8.45. The van der Waals surface area contributed by atoms with E-state index >= 15 is 0 Å². The lowest BCUT2D eigenvalue weighted by atomic mass is 9.79. The van der Waals surface area contributed by atoms with E-state index in [0.29, 0.717) is 0 Å². The summed E-state index contributed by atoms with van der Waals surface area (Å²) in [4.78, 5) is 9.02. The molecule has 2 bridgehead atoms. The molecule has 0 spiro atoms. The summed E-state index contributed by atoms with van der Waals surface area (Å²) < 4.78 is 0. The van der Waals surface area contributed by atoms with Crippen LogP contribution in [-0.4, -0.2) is 36.1 Å². The summed E-state index contributed by atoms with van der Waals surface area (Å²) in [5.41, 5.74) is 1.46. The SMILES string of the molecule is CCNC1(c2nc(CC)c(C)s2)CCN2CCC1C2. The Morgan fingerprint density at radius 1 is 1.42 bits per heavy atom. The molecular formula is C15H25N3S. The van der Waals surface area contributed by atoms with Crippen LogP contribution in [0.4, 0.5) is 0 Å². The van der Waals surface area contributed by atoms with Gasteiger partial charge in [0.05, 0.1) is 11.2 Å². The molecule has 1 aromatic heterocycles. The molecule has 3 heterocycles. The van der Waals surface area contributed by atoms with Gasteiger partial charge in [-0.05, 0) is 45.2 Å². The number of nitrogens with zero attached hydrogens (tertiary/aromatic N) is 2. The molecule has 1 N–H and O–H groups in total. The summed E-state index contributed by atoms with van der Waals surface area (Å²) in [6.07, 6.45) is 3.61. The van der Waals surface area contributed by atoms with Crippen molar-refractivity contribution in [2.45, 2.75) is 45.6 Å². The molecule has 0 aliphatic carbocycles. The monoisotopic (exact) mass is 279 g/mol. The lowest BCUT2D eigenvalue weighted by Crippen LogP contribution is -2.53. The van der Waals surface area contributed by atoms with E-state index in [1.54, 1.807) is 0 Å². The maximum atomic E-state index is 5.00. The zero-order chi connectivity index (χ0) is 13.5. The quantitative estimate of drug-likeness (QED) is 0.918. The Morgan fingerprint density at radius 3 is 2.95 bits per heavy atom. The van der Waals surface area contributed by atoms with Crippen LogP contribution < -0.4 is 5.32 Å². The highest BCUT2D eigenvalue weighted by Crippen LogP contribution is 2.44. The smallest absolute Gasteiger partial charge is 0.114 e. The van der Waals surface area contributed by atoms with Crippen LogP contribution in [0.1, 0.15) is 42.3 Å². The Bertz CT molecular complexity index is 456. The van der Waals surface area contributed by atoms with E-state index in [0.717, 1.165) is 18.9 Å². The van der Waals surface area contributed by atoms with Gasteiger partial charge in [-0.1, -0.05) is 13.8 Å². The molecule has 0 aromatic carbocycles. The number of thiazole rings is 1. The van der Waals surface area contributed by atoms with Crippen LogP contribution in [0.2, 0.25) is 0 Å². The van der Waals surface area contributed by atoms with E-state index in [1.807, 2.05) is 11.3 Å². The minimum Gasteiger partial charge on any atom is -0.305 e. The Balaban J connectivity index is 1.99. The van der Waals surface area contributed by atoms with E-state index in [-0.39, 0.29) is 5.54 Å². The fraction of sp³-hybridized carbons (Fsp3) is 0.800. The molecule has 106 valence electrons. The lowest BCUT2D eigenvalue weighted by Gasteiger charge is -2.42. The third kappa shape index (κ3) is 2.14. The molecule has 3 nitrogen and oxygen atoms in total. The van der Waals surface area contributed by atoms with E-state index in [2.05, 4.69) is 31.0 Å². The van der Waals surface area contributed by atoms with Crippen LogP contribution in [0.25, 0.3) is 0 Å². The zero-order valence-electron chi connectivity index (χ0n) is 12.3. The second-order valence-corrected chi connectivity index (χ2v) is 7.12. The first kappa shape index (κ1) is 13.5. The minimum absolute atomic E-state index is 0.157. The average molecular weight is 279 g/mol. The number of hydrogen-bond donors (Lipinski definition) is 1. The number of aryl methyl sites for hydroxylation is 2. The van der Waals surface area contributed by atoms with Gasteiger partial charge in [-0.25, -0.2) is 4.98 Å². The molecule has 4 heteroatoms. The molecule has 0 radical (unpaired) electrons. The second-order valence-electron chi connectivity index (χ2n) is 5.91. The highest BCUT2D eigenvalue weighted by Gasteiger charge is 2.48. The topological polar surface area (TPSA) is 28.2 Å². The first-order chi connectivity index (χ1) is 9.19. The van der Waals surface area contributed by atoms with Crippen molar-refractivity contribution in [1.29, 1.82) is 0 Å². The van der Waals surface area contributed by atoms with Crippen LogP contribution in [0, 0.1) is 12.8 Å². The van der Waals surface area contributed by atoms with Gasteiger partial charge in [0.1, 0.15) is 5.01 Å². The number of hydrogen-bond acceptors (Lipinski definition) is 4. The van der Waals surface area contributed by atoms with Gasteiger partial charge in [0.15, 0.2) is 0 Å². The summed E-state index contributed by atoms with van der Waals surface area (Å²) in [5, 5.41) is 5.18. The Hall–Kier alpha value is -0.450. The van der Waals surface area contributed by atoms with Gasteiger partial charge in [0.2, 0.25) is 0 Å². The highest BCUT2D eigenvalue weighted by molar-refractivity contribution is 7.11. The van der Waals surface area contributed by atoms with Crippen LogP contribution >= 0.6 is 11.3 Å². The van der Waals surface area contributed by atoms with Crippen molar-refractivity contribution in [3.8, 4) is 0 Å². The van der Waals surface area contributed by atoms with Gasteiger partial charge in [0.25, 0.3) is 0 Å². The van der Waals surface area contributed by atoms with Gasteiger partial charge in [-0.3, -0.25) is 0 Å². The van der Waals surface area contributed by atoms with Crippen LogP contribution in [-0.2, 0) is 12.0 Å². The van der Waals surface area contributed by atoms with Crippen molar-refractivity contribution in [3.63, 3.8) is 0 Å². The minimum atomic E-state index is 0.157. The van der Waals surface area contributed by atoms with Gasteiger partial charge < -0.3 is 10.2 Å². The van der Waals surface area contributed by atoms with E-state index in [1.165, 1.54) is 48.1 Å². The molecule has 19 heavy (non-hydrogen) atoms. The van der Waals surface area contributed by atoms with Crippen molar-refractivity contribution in [1.82, 2.24) is 15.2 Å².